The molecule has 6 heteroatoms. The monoisotopic (exact) mass is 363 g/mol. The van der Waals surface area contributed by atoms with E-state index in [9.17, 15) is 4.79 Å². The summed E-state index contributed by atoms with van der Waals surface area (Å²) < 4.78 is 0. The van der Waals surface area contributed by atoms with Crippen LogP contribution in [0.3, 0.4) is 0 Å². The summed E-state index contributed by atoms with van der Waals surface area (Å²) in [6, 6.07) is 7.61. The molecule has 1 heterocycles. The van der Waals surface area contributed by atoms with Gasteiger partial charge in [-0.2, -0.15) is 0 Å². The maximum absolute atomic E-state index is 12.0. The van der Waals surface area contributed by atoms with Gasteiger partial charge in [0.2, 0.25) is 5.91 Å². The Labute approximate surface area is 151 Å². The second-order valence-electron chi connectivity index (χ2n) is 6.14. The van der Waals surface area contributed by atoms with E-state index < -0.39 is 0 Å². The zero-order valence-electron chi connectivity index (χ0n) is 13.8. The van der Waals surface area contributed by atoms with E-state index in [2.05, 4.69) is 17.6 Å². The number of carbonyl (C=O) groups excluding carboxylic acids is 1. The van der Waals surface area contributed by atoms with Gasteiger partial charge in [0.05, 0.1) is 18.3 Å². The Morgan fingerprint density at radius 2 is 2.21 bits per heavy atom. The lowest BCUT2D eigenvalue weighted by atomic mass is 10.0. The summed E-state index contributed by atoms with van der Waals surface area (Å²) in [5.41, 5.74) is 2.26. The molecule has 128 valence electrons. The summed E-state index contributed by atoms with van der Waals surface area (Å²) in [5, 5.41) is 7.94. The Kier molecular flexibility index (Phi) is 5.87. The Morgan fingerprint density at radius 3 is 3.00 bits per heavy atom. The quantitative estimate of drug-likeness (QED) is 0.823. The van der Waals surface area contributed by atoms with Crippen molar-refractivity contribution >= 4 is 28.8 Å². The van der Waals surface area contributed by atoms with Crippen LogP contribution >= 0.6 is 22.9 Å². The standard InChI is InChI=1S/C18H22ClN3OS/c1-12(18-22-15-7-2-3-8-16(15)24-18)20-11-17(23)21-10-13-5-4-6-14(19)9-13/h4-6,9,12,20H,2-3,7-8,10-11H2,1H3,(H,21,23)/t12-/m0/s1. The smallest absolute Gasteiger partial charge is 0.234 e. The van der Waals surface area contributed by atoms with Crippen LogP contribution in [0.1, 0.15) is 46.9 Å². The number of carbonyl (C=O) groups is 1. The third kappa shape index (κ3) is 4.56. The van der Waals surface area contributed by atoms with Crippen LogP contribution in [0.15, 0.2) is 24.3 Å². The van der Waals surface area contributed by atoms with Gasteiger partial charge >= 0.3 is 0 Å². The van der Waals surface area contributed by atoms with Crippen LogP contribution in [-0.4, -0.2) is 17.4 Å². The highest BCUT2D eigenvalue weighted by Gasteiger charge is 2.18. The van der Waals surface area contributed by atoms with E-state index in [1.54, 1.807) is 11.3 Å². The van der Waals surface area contributed by atoms with Crippen molar-refractivity contribution in [1.82, 2.24) is 15.6 Å². The van der Waals surface area contributed by atoms with Gasteiger partial charge in [0.15, 0.2) is 0 Å². The van der Waals surface area contributed by atoms with Crippen molar-refractivity contribution in [2.24, 2.45) is 0 Å². The first-order valence-corrected chi connectivity index (χ1v) is 9.54. The molecular formula is C18H22ClN3OS. The molecule has 1 aromatic carbocycles. The number of hydrogen-bond acceptors (Lipinski definition) is 4. The van der Waals surface area contributed by atoms with Crippen LogP contribution in [0.2, 0.25) is 5.02 Å². The number of halogens is 1. The van der Waals surface area contributed by atoms with Gasteiger partial charge in [-0.25, -0.2) is 4.98 Å². The number of nitrogens with zero attached hydrogens (tertiary/aromatic N) is 1. The topological polar surface area (TPSA) is 54.0 Å². The first-order valence-electron chi connectivity index (χ1n) is 8.35. The van der Waals surface area contributed by atoms with E-state index in [1.165, 1.54) is 23.4 Å². The average molecular weight is 364 g/mol. The number of amides is 1. The Bertz CT molecular complexity index is 693. The molecule has 4 nitrogen and oxygen atoms in total. The minimum Gasteiger partial charge on any atom is -0.351 e. The van der Waals surface area contributed by atoms with Crippen LogP contribution in [0.5, 0.6) is 0 Å². The highest BCUT2D eigenvalue weighted by molar-refractivity contribution is 7.11. The summed E-state index contributed by atoms with van der Waals surface area (Å²) in [5.74, 6) is -0.0249. The zero-order chi connectivity index (χ0) is 16.9. The first kappa shape index (κ1) is 17.4. The minimum atomic E-state index is -0.0249. The minimum absolute atomic E-state index is 0.0249. The Balaban J connectivity index is 1.46. The van der Waals surface area contributed by atoms with E-state index in [4.69, 9.17) is 16.6 Å². The molecule has 0 aliphatic heterocycles. The van der Waals surface area contributed by atoms with Gasteiger partial charge in [0.25, 0.3) is 0 Å². The van der Waals surface area contributed by atoms with Crippen LogP contribution in [0.4, 0.5) is 0 Å². The number of nitrogens with one attached hydrogen (secondary N) is 2. The van der Waals surface area contributed by atoms with Crippen LogP contribution in [-0.2, 0) is 24.2 Å². The number of hydrogen-bond donors (Lipinski definition) is 2. The molecule has 24 heavy (non-hydrogen) atoms. The summed E-state index contributed by atoms with van der Waals surface area (Å²) in [4.78, 5) is 18.2. The SMILES string of the molecule is C[C@H](NCC(=O)NCc1cccc(Cl)c1)c1nc2c(s1)CCCC2. The summed E-state index contributed by atoms with van der Waals surface area (Å²) in [7, 11) is 0. The third-order valence-corrected chi connectivity index (χ3v) is 5.76. The van der Waals surface area contributed by atoms with Gasteiger partial charge in [0, 0.05) is 16.4 Å². The number of fused-ring (bicyclic) bond motifs is 1. The van der Waals surface area contributed by atoms with Crippen molar-refractivity contribution in [3.8, 4) is 0 Å². The number of thiazole rings is 1. The Hall–Kier alpha value is -1.43. The fourth-order valence-electron chi connectivity index (χ4n) is 2.80. The van der Waals surface area contributed by atoms with Gasteiger partial charge < -0.3 is 5.32 Å². The molecule has 0 bridgehead atoms. The highest BCUT2D eigenvalue weighted by Crippen LogP contribution is 2.29. The predicted molar refractivity (Wildman–Crippen MR) is 98.5 cm³/mol. The van der Waals surface area contributed by atoms with Crippen LogP contribution in [0.25, 0.3) is 0 Å². The maximum Gasteiger partial charge on any atom is 0.234 e. The number of aromatic nitrogens is 1. The fourth-order valence-corrected chi connectivity index (χ4v) is 4.19. The molecule has 1 amide bonds. The average Bonchev–Trinajstić information content (AvgIpc) is 3.02. The molecule has 0 saturated heterocycles. The number of rotatable bonds is 6. The van der Waals surface area contributed by atoms with Crippen molar-refractivity contribution < 1.29 is 4.79 Å². The van der Waals surface area contributed by atoms with Crippen molar-refractivity contribution in [2.45, 2.75) is 45.2 Å². The molecule has 0 unspecified atom stereocenters. The van der Waals surface area contributed by atoms with E-state index in [0.717, 1.165) is 23.4 Å². The molecule has 1 aliphatic rings. The van der Waals surface area contributed by atoms with Gasteiger partial charge in [-0.3, -0.25) is 10.1 Å². The molecular weight excluding hydrogens is 342 g/mol. The molecule has 1 atom stereocenters. The predicted octanol–water partition coefficient (Wildman–Crippen LogP) is 3.64. The second kappa shape index (κ2) is 8.10. The molecule has 1 aliphatic carbocycles. The van der Waals surface area contributed by atoms with E-state index in [1.807, 2.05) is 24.3 Å². The first-order chi connectivity index (χ1) is 11.6. The molecule has 0 radical (unpaired) electrons. The number of aryl methyl sites for hydroxylation is 2. The summed E-state index contributed by atoms with van der Waals surface area (Å²) in [6.07, 6.45) is 4.75. The molecule has 2 N–H and O–H groups in total. The molecule has 0 fully saturated rings. The van der Waals surface area contributed by atoms with Crippen LogP contribution in [0, 0.1) is 0 Å². The molecule has 0 spiro atoms. The van der Waals surface area contributed by atoms with Gasteiger partial charge in [-0.1, -0.05) is 23.7 Å². The lowest BCUT2D eigenvalue weighted by molar-refractivity contribution is -0.120. The summed E-state index contributed by atoms with van der Waals surface area (Å²) >= 11 is 7.73. The molecule has 2 aromatic rings. The fraction of sp³-hybridized carbons (Fsp3) is 0.444. The van der Waals surface area contributed by atoms with Crippen molar-refractivity contribution in [3.63, 3.8) is 0 Å². The molecule has 3 rings (SSSR count). The Morgan fingerprint density at radius 1 is 1.38 bits per heavy atom. The zero-order valence-corrected chi connectivity index (χ0v) is 15.3. The maximum atomic E-state index is 12.0. The highest BCUT2D eigenvalue weighted by atomic mass is 35.5. The van der Waals surface area contributed by atoms with Crippen molar-refractivity contribution in [1.29, 1.82) is 0 Å². The van der Waals surface area contributed by atoms with E-state index >= 15 is 0 Å². The van der Waals surface area contributed by atoms with Crippen LogP contribution < -0.4 is 10.6 Å². The molecule has 1 aromatic heterocycles. The summed E-state index contributed by atoms with van der Waals surface area (Å²) in [6.45, 7) is 2.83. The number of benzene rings is 1. The lowest BCUT2D eigenvalue weighted by Gasteiger charge is -2.11. The largest absolute Gasteiger partial charge is 0.351 e. The van der Waals surface area contributed by atoms with Gasteiger partial charge in [0.1, 0.15) is 5.01 Å². The lowest BCUT2D eigenvalue weighted by Crippen LogP contribution is -2.34. The second-order valence-corrected chi connectivity index (χ2v) is 7.69. The van der Waals surface area contributed by atoms with Gasteiger partial charge in [-0.15, -0.1) is 11.3 Å². The van der Waals surface area contributed by atoms with Crippen molar-refractivity contribution in [3.05, 3.63) is 50.4 Å². The van der Waals surface area contributed by atoms with Crippen molar-refractivity contribution in [2.75, 3.05) is 6.54 Å². The third-order valence-electron chi connectivity index (χ3n) is 4.18. The van der Waals surface area contributed by atoms with E-state index in [-0.39, 0.29) is 18.5 Å². The normalized spacial score (nSPS) is 14.9. The molecule has 0 saturated carbocycles. The van der Waals surface area contributed by atoms with Gasteiger partial charge in [-0.05, 0) is 50.3 Å². The van der Waals surface area contributed by atoms with E-state index in [0.29, 0.717) is 11.6 Å².